The minimum absolute atomic E-state index is 0.255. The number of hydrogen-bond donors (Lipinski definition) is 2. The standard InChI is InChI=1S/C16H23N3O2/c1-3-14-15(17-2)5-4-6-16(14)21-12-13(20)11-19-9-7-18-8-10-19/h3-6,13,18,20H,1-2,7-12H2. The van der Waals surface area contributed by atoms with E-state index in [-0.39, 0.29) is 6.61 Å². The third-order valence-corrected chi connectivity index (χ3v) is 3.53. The highest BCUT2D eigenvalue weighted by atomic mass is 16.5. The number of piperazine rings is 1. The van der Waals surface area contributed by atoms with E-state index in [1.54, 1.807) is 6.08 Å². The Kier molecular flexibility index (Phi) is 5.92. The Morgan fingerprint density at radius 3 is 2.86 bits per heavy atom. The molecule has 5 heteroatoms. The summed E-state index contributed by atoms with van der Waals surface area (Å²) < 4.78 is 5.72. The van der Waals surface area contributed by atoms with Crippen molar-refractivity contribution in [2.75, 3.05) is 39.3 Å². The largest absolute Gasteiger partial charge is 0.490 e. The van der Waals surface area contributed by atoms with Crippen LogP contribution in [-0.2, 0) is 0 Å². The summed E-state index contributed by atoms with van der Waals surface area (Å²) in [5.41, 5.74) is 1.54. The molecule has 21 heavy (non-hydrogen) atoms. The van der Waals surface area contributed by atoms with Crippen molar-refractivity contribution in [3.8, 4) is 5.75 Å². The maximum absolute atomic E-state index is 10.1. The highest BCUT2D eigenvalue weighted by molar-refractivity contribution is 5.70. The molecule has 0 bridgehead atoms. The number of β-amino-alcohol motifs (C(OH)–C–C–N with tert-alkyl or cyclic N) is 1. The molecule has 0 aromatic heterocycles. The van der Waals surface area contributed by atoms with Crippen molar-refractivity contribution >= 4 is 18.5 Å². The second kappa shape index (κ2) is 7.93. The number of nitrogens with zero attached hydrogens (tertiary/aromatic N) is 2. The van der Waals surface area contributed by atoms with Crippen LogP contribution in [0.15, 0.2) is 29.8 Å². The van der Waals surface area contributed by atoms with E-state index in [2.05, 4.69) is 28.5 Å². The maximum atomic E-state index is 10.1. The van der Waals surface area contributed by atoms with Gasteiger partial charge in [0.2, 0.25) is 0 Å². The molecule has 1 aliphatic rings. The number of rotatable bonds is 7. The van der Waals surface area contributed by atoms with Crippen LogP contribution >= 0.6 is 0 Å². The van der Waals surface area contributed by atoms with Gasteiger partial charge in [-0.3, -0.25) is 9.89 Å². The van der Waals surface area contributed by atoms with Gasteiger partial charge in [0.1, 0.15) is 18.5 Å². The van der Waals surface area contributed by atoms with E-state index in [0.29, 0.717) is 12.3 Å². The highest BCUT2D eigenvalue weighted by Crippen LogP contribution is 2.29. The third kappa shape index (κ3) is 4.39. The van der Waals surface area contributed by atoms with Crippen LogP contribution in [0.1, 0.15) is 5.56 Å². The molecule has 1 aliphatic heterocycles. The number of aliphatic imine (C=N–C) groups is 1. The molecule has 0 aliphatic carbocycles. The Bertz CT molecular complexity index is 484. The normalized spacial score (nSPS) is 17.2. The van der Waals surface area contributed by atoms with E-state index in [0.717, 1.165) is 37.4 Å². The van der Waals surface area contributed by atoms with Crippen LogP contribution in [0, 0.1) is 0 Å². The minimum Gasteiger partial charge on any atom is -0.490 e. The fraction of sp³-hybridized carbons (Fsp3) is 0.438. The van der Waals surface area contributed by atoms with Crippen molar-refractivity contribution in [3.63, 3.8) is 0 Å². The quantitative estimate of drug-likeness (QED) is 0.743. The summed E-state index contributed by atoms with van der Waals surface area (Å²) in [6.45, 7) is 12.1. The summed E-state index contributed by atoms with van der Waals surface area (Å²) in [5, 5.41) is 13.4. The van der Waals surface area contributed by atoms with Gasteiger partial charge in [0.15, 0.2) is 0 Å². The predicted octanol–water partition coefficient (Wildman–Crippen LogP) is 1.31. The molecule has 0 radical (unpaired) electrons. The lowest BCUT2D eigenvalue weighted by molar-refractivity contribution is 0.0641. The fourth-order valence-corrected chi connectivity index (χ4v) is 2.43. The molecule has 1 unspecified atom stereocenters. The summed E-state index contributed by atoms with van der Waals surface area (Å²) in [5.74, 6) is 0.675. The average molecular weight is 289 g/mol. The summed E-state index contributed by atoms with van der Waals surface area (Å²) in [6, 6.07) is 5.56. The molecule has 0 saturated carbocycles. The first kappa shape index (κ1) is 15.7. The Hall–Kier alpha value is -1.69. The van der Waals surface area contributed by atoms with Gasteiger partial charge in [-0.25, -0.2) is 0 Å². The van der Waals surface area contributed by atoms with Crippen molar-refractivity contribution in [2.24, 2.45) is 4.99 Å². The fourth-order valence-electron chi connectivity index (χ4n) is 2.43. The van der Waals surface area contributed by atoms with Crippen molar-refractivity contribution in [1.29, 1.82) is 0 Å². The first-order valence-electron chi connectivity index (χ1n) is 7.20. The van der Waals surface area contributed by atoms with Gasteiger partial charge >= 0.3 is 0 Å². The number of aliphatic hydroxyl groups is 1. The topological polar surface area (TPSA) is 57.1 Å². The second-order valence-electron chi connectivity index (χ2n) is 5.07. The van der Waals surface area contributed by atoms with Gasteiger partial charge in [-0.15, -0.1) is 0 Å². The maximum Gasteiger partial charge on any atom is 0.128 e. The van der Waals surface area contributed by atoms with Gasteiger partial charge in [-0.2, -0.15) is 0 Å². The van der Waals surface area contributed by atoms with Gasteiger partial charge in [0, 0.05) is 38.3 Å². The number of aliphatic hydroxyl groups excluding tert-OH is 1. The van der Waals surface area contributed by atoms with Gasteiger partial charge in [-0.05, 0) is 18.9 Å². The van der Waals surface area contributed by atoms with Crippen LogP contribution in [0.2, 0.25) is 0 Å². The molecule has 1 aromatic carbocycles. The first-order chi connectivity index (χ1) is 10.2. The second-order valence-corrected chi connectivity index (χ2v) is 5.07. The molecule has 1 heterocycles. The molecular formula is C16H23N3O2. The van der Waals surface area contributed by atoms with Crippen LogP contribution in [0.25, 0.3) is 6.08 Å². The minimum atomic E-state index is -0.513. The van der Waals surface area contributed by atoms with Crippen LogP contribution in [0.5, 0.6) is 5.75 Å². The van der Waals surface area contributed by atoms with Crippen LogP contribution in [-0.4, -0.2) is 62.2 Å². The van der Waals surface area contributed by atoms with E-state index >= 15 is 0 Å². The summed E-state index contributed by atoms with van der Waals surface area (Å²) in [7, 11) is 0. The predicted molar refractivity (Wildman–Crippen MR) is 86.6 cm³/mol. The molecule has 1 saturated heterocycles. The SMILES string of the molecule is C=Cc1c(N=C)cccc1OCC(O)CN1CCNCC1. The lowest BCUT2D eigenvalue weighted by Crippen LogP contribution is -2.47. The molecular weight excluding hydrogens is 266 g/mol. The zero-order valence-electron chi connectivity index (χ0n) is 12.3. The molecule has 2 N–H and O–H groups in total. The average Bonchev–Trinajstić information content (AvgIpc) is 2.53. The van der Waals surface area contributed by atoms with Crippen molar-refractivity contribution in [2.45, 2.75) is 6.10 Å². The molecule has 1 atom stereocenters. The highest BCUT2D eigenvalue weighted by Gasteiger charge is 2.15. The van der Waals surface area contributed by atoms with E-state index in [1.165, 1.54) is 0 Å². The van der Waals surface area contributed by atoms with Crippen LogP contribution in [0.4, 0.5) is 5.69 Å². The Balaban J connectivity index is 1.90. The smallest absolute Gasteiger partial charge is 0.128 e. The molecule has 1 aromatic rings. The summed E-state index contributed by atoms with van der Waals surface area (Å²) in [4.78, 5) is 6.18. The summed E-state index contributed by atoms with van der Waals surface area (Å²) >= 11 is 0. The van der Waals surface area contributed by atoms with Crippen molar-refractivity contribution in [1.82, 2.24) is 10.2 Å². The van der Waals surface area contributed by atoms with Crippen LogP contribution in [0.3, 0.4) is 0 Å². The third-order valence-electron chi connectivity index (χ3n) is 3.53. The zero-order valence-corrected chi connectivity index (χ0v) is 12.3. The van der Waals surface area contributed by atoms with Gasteiger partial charge in [-0.1, -0.05) is 18.7 Å². The number of ether oxygens (including phenoxy) is 1. The van der Waals surface area contributed by atoms with Gasteiger partial charge < -0.3 is 15.2 Å². The molecule has 114 valence electrons. The van der Waals surface area contributed by atoms with E-state index < -0.39 is 6.10 Å². The zero-order chi connectivity index (χ0) is 15.1. The Morgan fingerprint density at radius 2 is 2.19 bits per heavy atom. The Morgan fingerprint density at radius 1 is 1.43 bits per heavy atom. The molecule has 5 nitrogen and oxygen atoms in total. The molecule has 1 fully saturated rings. The monoisotopic (exact) mass is 289 g/mol. The summed E-state index contributed by atoms with van der Waals surface area (Å²) in [6.07, 6.45) is 1.18. The van der Waals surface area contributed by atoms with Crippen molar-refractivity contribution < 1.29 is 9.84 Å². The van der Waals surface area contributed by atoms with Crippen LogP contribution < -0.4 is 10.1 Å². The number of benzene rings is 1. The number of hydrogen-bond acceptors (Lipinski definition) is 5. The van der Waals surface area contributed by atoms with E-state index in [1.807, 2.05) is 18.2 Å². The molecule has 0 spiro atoms. The van der Waals surface area contributed by atoms with E-state index in [9.17, 15) is 5.11 Å². The number of nitrogens with one attached hydrogen (secondary N) is 1. The molecule has 2 rings (SSSR count). The van der Waals surface area contributed by atoms with Gasteiger partial charge in [0.25, 0.3) is 0 Å². The lowest BCUT2D eigenvalue weighted by atomic mass is 10.1. The van der Waals surface area contributed by atoms with Gasteiger partial charge in [0.05, 0.1) is 5.69 Å². The van der Waals surface area contributed by atoms with Crippen molar-refractivity contribution in [3.05, 3.63) is 30.3 Å². The molecule has 0 amide bonds. The Labute approximate surface area is 125 Å². The van der Waals surface area contributed by atoms with E-state index in [4.69, 9.17) is 4.74 Å². The first-order valence-corrected chi connectivity index (χ1v) is 7.20. The lowest BCUT2D eigenvalue weighted by Gasteiger charge is -2.29.